The summed E-state index contributed by atoms with van der Waals surface area (Å²) in [5.74, 6) is -0.271. The van der Waals surface area contributed by atoms with Gasteiger partial charge in [0.25, 0.3) is 5.91 Å². The molecule has 1 aromatic rings. The third-order valence-electron chi connectivity index (χ3n) is 2.83. The second-order valence-corrected chi connectivity index (χ2v) is 4.08. The van der Waals surface area contributed by atoms with E-state index in [0.29, 0.717) is 25.1 Å². The molecule has 1 aliphatic heterocycles. The molecule has 4 heteroatoms. The van der Waals surface area contributed by atoms with Crippen molar-refractivity contribution in [2.45, 2.75) is 19.4 Å². The van der Waals surface area contributed by atoms with Crippen LogP contribution in [0, 0.1) is 0 Å². The van der Waals surface area contributed by atoms with E-state index in [1.807, 2.05) is 12.1 Å². The number of hydrogen-bond donors (Lipinski definition) is 0. The summed E-state index contributed by atoms with van der Waals surface area (Å²) < 4.78 is 5.00. The molecule has 2 rings (SSSR count). The van der Waals surface area contributed by atoms with Crippen molar-refractivity contribution in [3.05, 3.63) is 35.4 Å². The fourth-order valence-corrected chi connectivity index (χ4v) is 1.93. The van der Waals surface area contributed by atoms with Crippen molar-refractivity contribution in [2.75, 3.05) is 13.7 Å². The molecule has 0 aliphatic carbocycles. The standard InChI is InChI=1S/C13H15NO3/c1-17-9-10-4-6-11(7-5-10)13(16)14-8-2-3-12(14)15/h4-7H,2-3,8-9H2,1H3. The third kappa shape index (κ3) is 2.53. The molecule has 0 radical (unpaired) electrons. The predicted molar refractivity (Wildman–Crippen MR) is 62.4 cm³/mol. The van der Waals surface area contributed by atoms with Gasteiger partial charge in [0, 0.05) is 25.6 Å². The highest BCUT2D eigenvalue weighted by atomic mass is 16.5. The molecule has 0 unspecified atom stereocenters. The van der Waals surface area contributed by atoms with Crippen LogP contribution < -0.4 is 0 Å². The number of carbonyl (C=O) groups excluding carboxylic acids is 2. The van der Waals surface area contributed by atoms with Crippen molar-refractivity contribution < 1.29 is 14.3 Å². The Hall–Kier alpha value is -1.68. The lowest BCUT2D eigenvalue weighted by atomic mass is 10.1. The quantitative estimate of drug-likeness (QED) is 0.745. The summed E-state index contributed by atoms with van der Waals surface area (Å²) in [5, 5.41) is 0. The number of imide groups is 1. The van der Waals surface area contributed by atoms with Crippen LogP contribution in [0.25, 0.3) is 0 Å². The molecule has 0 atom stereocenters. The highest BCUT2D eigenvalue weighted by Gasteiger charge is 2.26. The van der Waals surface area contributed by atoms with Crippen LogP contribution in [0.1, 0.15) is 28.8 Å². The van der Waals surface area contributed by atoms with Gasteiger partial charge in [0.1, 0.15) is 0 Å². The van der Waals surface area contributed by atoms with E-state index < -0.39 is 0 Å². The highest BCUT2D eigenvalue weighted by Crippen LogP contribution is 2.15. The molecular weight excluding hydrogens is 218 g/mol. The van der Waals surface area contributed by atoms with Crippen molar-refractivity contribution in [3.8, 4) is 0 Å². The van der Waals surface area contributed by atoms with Gasteiger partial charge >= 0.3 is 0 Å². The number of benzene rings is 1. The number of likely N-dealkylation sites (tertiary alicyclic amines) is 1. The van der Waals surface area contributed by atoms with E-state index in [1.54, 1.807) is 19.2 Å². The van der Waals surface area contributed by atoms with Crippen LogP contribution in [0.5, 0.6) is 0 Å². The van der Waals surface area contributed by atoms with E-state index in [2.05, 4.69) is 0 Å². The molecule has 1 saturated heterocycles. The van der Waals surface area contributed by atoms with Crippen molar-refractivity contribution in [1.29, 1.82) is 0 Å². The molecule has 1 heterocycles. The Balaban J connectivity index is 2.11. The van der Waals surface area contributed by atoms with E-state index in [-0.39, 0.29) is 11.8 Å². The largest absolute Gasteiger partial charge is 0.380 e. The van der Waals surface area contributed by atoms with Crippen LogP contribution in [-0.2, 0) is 16.1 Å². The summed E-state index contributed by atoms with van der Waals surface area (Å²) in [5.41, 5.74) is 1.57. The van der Waals surface area contributed by atoms with Gasteiger partial charge in [-0.1, -0.05) is 12.1 Å². The summed E-state index contributed by atoms with van der Waals surface area (Å²) >= 11 is 0. The zero-order valence-corrected chi connectivity index (χ0v) is 9.81. The molecular formula is C13H15NO3. The molecule has 0 N–H and O–H groups in total. The van der Waals surface area contributed by atoms with Gasteiger partial charge < -0.3 is 4.74 Å². The number of methoxy groups -OCH3 is 1. The van der Waals surface area contributed by atoms with E-state index in [0.717, 1.165) is 12.0 Å². The lowest BCUT2D eigenvalue weighted by Crippen LogP contribution is -2.31. The van der Waals surface area contributed by atoms with Gasteiger partial charge in [-0.05, 0) is 24.1 Å². The predicted octanol–water partition coefficient (Wildman–Crippen LogP) is 1.60. The normalized spacial score (nSPS) is 15.4. The summed E-state index contributed by atoms with van der Waals surface area (Å²) in [7, 11) is 1.63. The first kappa shape index (κ1) is 11.8. The number of nitrogens with zero attached hydrogens (tertiary/aromatic N) is 1. The molecule has 90 valence electrons. The SMILES string of the molecule is COCc1ccc(C(=O)N2CCCC2=O)cc1. The minimum atomic E-state index is -0.198. The number of amides is 2. The van der Waals surface area contributed by atoms with E-state index in [4.69, 9.17) is 4.74 Å². The molecule has 1 aromatic carbocycles. The van der Waals surface area contributed by atoms with Crippen LogP contribution in [0.4, 0.5) is 0 Å². The summed E-state index contributed by atoms with van der Waals surface area (Å²) in [6.07, 6.45) is 1.25. The third-order valence-corrected chi connectivity index (χ3v) is 2.83. The van der Waals surface area contributed by atoms with Crippen LogP contribution in [0.2, 0.25) is 0 Å². The van der Waals surface area contributed by atoms with Gasteiger partial charge in [-0.25, -0.2) is 0 Å². The average Bonchev–Trinajstić information content (AvgIpc) is 2.76. The fraction of sp³-hybridized carbons (Fsp3) is 0.385. The number of hydrogen-bond acceptors (Lipinski definition) is 3. The van der Waals surface area contributed by atoms with Gasteiger partial charge in [0.05, 0.1) is 6.61 Å². The van der Waals surface area contributed by atoms with Gasteiger partial charge in [-0.3, -0.25) is 14.5 Å². The Kier molecular flexibility index (Phi) is 3.54. The van der Waals surface area contributed by atoms with Gasteiger partial charge in [0.15, 0.2) is 0 Å². The molecule has 1 aliphatic rings. The molecule has 1 fully saturated rings. The second-order valence-electron chi connectivity index (χ2n) is 4.08. The monoisotopic (exact) mass is 233 g/mol. The summed E-state index contributed by atoms with van der Waals surface area (Å²) in [4.78, 5) is 24.8. The molecule has 0 bridgehead atoms. The Labute approximate surface area is 100 Å². The molecule has 17 heavy (non-hydrogen) atoms. The molecule has 0 spiro atoms. The number of carbonyl (C=O) groups is 2. The number of ether oxygens (including phenoxy) is 1. The van der Waals surface area contributed by atoms with E-state index in [9.17, 15) is 9.59 Å². The Morgan fingerprint density at radius 3 is 2.59 bits per heavy atom. The smallest absolute Gasteiger partial charge is 0.260 e. The average molecular weight is 233 g/mol. The minimum Gasteiger partial charge on any atom is -0.380 e. The number of rotatable bonds is 3. The van der Waals surface area contributed by atoms with Crippen LogP contribution in [-0.4, -0.2) is 30.4 Å². The maximum absolute atomic E-state index is 12.0. The summed E-state index contributed by atoms with van der Waals surface area (Å²) in [6.45, 7) is 1.06. The highest BCUT2D eigenvalue weighted by molar-refractivity contribution is 6.05. The molecule has 0 aromatic heterocycles. The topological polar surface area (TPSA) is 46.6 Å². The zero-order valence-electron chi connectivity index (χ0n) is 9.81. The Morgan fingerprint density at radius 2 is 2.06 bits per heavy atom. The van der Waals surface area contributed by atoms with Crippen molar-refractivity contribution in [2.24, 2.45) is 0 Å². The van der Waals surface area contributed by atoms with E-state index in [1.165, 1.54) is 4.90 Å². The molecule has 2 amide bonds. The minimum absolute atomic E-state index is 0.0732. The Bertz CT molecular complexity index is 425. The maximum Gasteiger partial charge on any atom is 0.260 e. The first-order valence-electron chi connectivity index (χ1n) is 5.65. The van der Waals surface area contributed by atoms with Gasteiger partial charge in [0.2, 0.25) is 5.91 Å². The molecule has 0 saturated carbocycles. The Morgan fingerprint density at radius 1 is 1.35 bits per heavy atom. The van der Waals surface area contributed by atoms with Crippen LogP contribution in [0.3, 0.4) is 0 Å². The lowest BCUT2D eigenvalue weighted by Gasteiger charge is -2.13. The maximum atomic E-state index is 12.0. The van der Waals surface area contributed by atoms with Crippen LogP contribution >= 0.6 is 0 Å². The van der Waals surface area contributed by atoms with Gasteiger partial charge in [-0.15, -0.1) is 0 Å². The van der Waals surface area contributed by atoms with Crippen LogP contribution in [0.15, 0.2) is 24.3 Å². The first-order valence-corrected chi connectivity index (χ1v) is 5.65. The van der Waals surface area contributed by atoms with E-state index >= 15 is 0 Å². The summed E-state index contributed by atoms with van der Waals surface area (Å²) in [6, 6.07) is 7.17. The van der Waals surface area contributed by atoms with Crippen molar-refractivity contribution in [3.63, 3.8) is 0 Å². The first-order chi connectivity index (χ1) is 8.22. The van der Waals surface area contributed by atoms with Gasteiger partial charge in [-0.2, -0.15) is 0 Å². The van der Waals surface area contributed by atoms with Crippen molar-refractivity contribution >= 4 is 11.8 Å². The zero-order chi connectivity index (χ0) is 12.3. The molecule has 4 nitrogen and oxygen atoms in total. The van der Waals surface area contributed by atoms with Crippen molar-refractivity contribution in [1.82, 2.24) is 4.90 Å². The lowest BCUT2D eigenvalue weighted by molar-refractivity contribution is -0.125. The second kappa shape index (κ2) is 5.10. The fourth-order valence-electron chi connectivity index (χ4n) is 1.93.